The molecule has 1 aromatic rings. The number of aromatic nitrogens is 1. The zero-order valence-electron chi connectivity index (χ0n) is 8.96. The topological polar surface area (TPSA) is 16.1 Å². The molecule has 2 rings (SSSR count). The monoisotopic (exact) mass is 306 g/mol. The van der Waals surface area contributed by atoms with Crippen LogP contribution < -0.4 is 4.90 Å². The minimum atomic E-state index is -0.293. The van der Waals surface area contributed by atoms with E-state index in [0.29, 0.717) is 22.1 Å². The first-order chi connectivity index (χ1) is 7.63. The van der Waals surface area contributed by atoms with Crippen molar-refractivity contribution in [2.75, 3.05) is 17.3 Å². The van der Waals surface area contributed by atoms with Crippen molar-refractivity contribution in [3.05, 3.63) is 22.6 Å². The summed E-state index contributed by atoms with van der Waals surface area (Å²) in [4.78, 5) is 6.11. The highest BCUT2D eigenvalue weighted by atomic mass is 79.9. The number of rotatable bonds is 2. The molecule has 5 heteroatoms. The fourth-order valence-electron chi connectivity index (χ4n) is 2.13. The van der Waals surface area contributed by atoms with E-state index in [4.69, 9.17) is 11.6 Å². The van der Waals surface area contributed by atoms with E-state index in [1.165, 1.54) is 6.07 Å². The van der Waals surface area contributed by atoms with E-state index in [-0.39, 0.29) is 11.9 Å². The van der Waals surface area contributed by atoms with Gasteiger partial charge in [0.15, 0.2) is 11.6 Å². The largest absolute Gasteiger partial charge is 0.350 e. The molecule has 2 nitrogen and oxygen atoms in total. The molecule has 0 bridgehead atoms. The molecule has 0 N–H and O–H groups in total. The predicted molar refractivity (Wildman–Crippen MR) is 67.5 cm³/mol. The highest BCUT2D eigenvalue weighted by Crippen LogP contribution is 2.31. The summed E-state index contributed by atoms with van der Waals surface area (Å²) >= 11 is 9.13. The van der Waals surface area contributed by atoms with Crippen LogP contribution in [0.5, 0.6) is 0 Å². The van der Waals surface area contributed by atoms with Gasteiger partial charge >= 0.3 is 0 Å². The molecule has 1 aliphatic heterocycles. The molecule has 0 aliphatic carbocycles. The Bertz CT molecular complexity index is 388. The Balaban J connectivity index is 2.30. The summed E-state index contributed by atoms with van der Waals surface area (Å²) in [6.07, 6.45) is 2.65. The van der Waals surface area contributed by atoms with E-state index in [1.807, 2.05) is 4.90 Å². The van der Waals surface area contributed by atoms with Crippen LogP contribution in [-0.4, -0.2) is 23.5 Å². The minimum Gasteiger partial charge on any atom is -0.350 e. The minimum absolute atomic E-state index is 0.185. The number of pyridine rings is 1. The Kier molecular flexibility index (Phi) is 3.70. The van der Waals surface area contributed by atoms with Gasteiger partial charge in [0.2, 0.25) is 0 Å². The summed E-state index contributed by atoms with van der Waals surface area (Å²) in [6, 6.07) is 1.63. The molecule has 88 valence electrons. The van der Waals surface area contributed by atoms with Crippen LogP contribution >= 0.6 is 27.5 Å². The first kappa shape index (κ1) is 12.1. The lowest BCUT2D eigenvalue weighted by Gasteiger charge is -2.26. The summed E-state index contributed by atoms with van der Waals surface area (Å²) in [6.45, 7) is 2.97. The van der Waals surface area contributed by atoms with Crippen molar-refractivity contribution in [3.8, 4) is 0 Å². The van der Waals surface area contributed by atoms with Gasteiger partial charge in [0.05, 0.1) is 0 Å². The van der Waals surface area contributed by atoms with Crippen LogP contribution in [0.2, 0.25) is 0 Å². The number of hydrogen-bond donors (Lipinski definition) is 0. The fourth-order valence-corrected chi connectivity index (χ4v) is 2.90. The standard InChI is InChI=1S/C11H13BrClFN2/c1-7-2-3-16(10(7)5-13)11-9(14)4-8(12)6-15-11/h4,6-7,10H,2-3,5H2,1H3. The van der Waals surface area contributed by atoms with Gasteiger partial charge in [-0.2, -0.15) is 0 Å². The Morgan fingerprint density at radius 1 is 1.69 bits per heavy atom. The van der Waals surface area contributed by atoms with Gasteiger partial charge in [0.1, 0.15) is 0 Å². The van der Waals surface area contributed by atoms with Crippen LogP contribution in [0.4, 0.5) is 10.2 Å². The average Bonchev–Trinajstić information content (AvgIpc) is 2.59. The van der Waals surface area contributed by atoms with Crippen molar-refractivity contribution in [1.29, 1.82) is 0 Å². The quantitative estimate of drug-likeness (QED) is 0.778. The number of halogens is 3. The van der Waals surface area contributed by atoms with E-state index >= 15 is 0 Å². The van der Waals surface area contributed by atoms with Crippen molar-refractivity contribution in [2.45, 2.75) is 19.4 Å². The molecule has 1 saturated heterocycles. The van der Waals surface area contributed by atoms with Crippen molar-refractivity contribution in [2.24, 2.45) is 5.92 Å². The van der Waals surface area contributed by atoms with Crippen LogP contribution in [0.15, 0.2) is 16.7 Å². The summed E-state index contributed by atoms with van der Waals surface area (Å²) in [5.41, 5.74) is 0. The van der Waals surface area contributed by atoms with Crippen molar-refractivity contribution in [1.82, 2.24) is 4.98 Å². The van der Waals surface area contributed by atoms with E-state index in [2.05, 4.69) is 27.8 Å². The van der Waals surface area contributed by atoms with E-state index in [1.54, 1.807) is 6.20 Å². The Labute approximate surface area is 108 Å². The second kappa shape index (κ2) is 4.88. The molecule has 0 radical (unpaired) electrons. The summed E-state index contributed by atoms with van der Waals surface area (Å²) in [5, 5.41) is 0. The first-order valence-corrected chi connectivity index (χ1v) is 6.60. The molecule has 0 spiro atoms. The first-order valence-electron chi connectivity index (χ1n) is 5.27. The molecular weight excluding hydrogens is 294 g/mol. The van der Waals surface area contributed by atoms with Gasteiger partial charge in [-0.05, 0) is 34.3 Å². The second-order valence-electron chi connectivity index (χ2n) is 4.14. The molecule has 2 atom stereocenters. The van der Waals surface area contributed by atoms with Crippen molar-refractivity contribution >= 4 is 33.3 Å². The molecule has 16 heavy (non-hydrogen) atoms. The molecule has 1 aliphatic rings. The molecular formula is C11H13BrClFN2. The third kappa shape index (κ3) is 2.18. The van der Waals surface area contributed by atoms with Crippen molar-refractivity contribution < 1.29 is 4.39 Å². The van der Waals surface area contributed by atoms with Crippen LogP contribution in [0.3, 0.4) is 0 Å². The maximum atomic E-state index is 13.8. The maximum absolute atomic E-state index is 13.8. The number of alkyl halides is 1. The highest BCUT2D eigenvalue weighted by Gasteiger charge is 2.32. The molecule has 0 amide bonds. The lowest BCUT2D eigenvalue weighted by molar-refractivity contribution is 0.540. The average molecular weight is 308 g/mol. The van der Waals surface area contributed by atoms with E-state index in [9.17, 15) is 4.39 Å². The number of anilines is 1. The fraction of sp³-hybridized carbons (Fsp3) is 0.545. The highest BCUT2D eigenvalue weighted by molar-refractivity contribution is 9.10. The Hall–Kier alpha value is -0.350. The predicted octanol–water partition coefficient (Wildman–Crippen LogP) is 3.44. The maximum Gasteiger partial charge on any atom is 0.166 e. The Morgan fingerprint density at radius 2 is 2.44 bits per heavy atom. The molecule has 2 unspecified atom stereocenters. The van der Waals surface area contributed by atoms with Gasteiger partial charge in [0, 0.05) is 29.1 Å². The molecule has 2 heterocycles. The zero-order valence-corrected chi connectivity index (χ0v) is 11.3. The lowest BCUT2D eigenvalue weighted by atomic mass is 10.1. The van der Waals surface area contributed by atoms with Gasteiger partial charge < -0.3 is 4.90 Å². The van der Waals surface area contributed by atoms with Crippen LogP contribution in [0, 0.1) is 11.7 Å². The normalized spacial score (nSPS) is 25.1. The smallest absolute Gasteiger partial charge is 0.166 e. The van der Waals surface area contributed by atoms with Crippen LogP contribution in [0.25, 0.3) is 0 Å². The summed E-state index contributed by atoms with van der Waals surface area (Å²) in [5.74, 6) is 1.12. The van der Waals surface area contributed by atoms with Crippen LogP contribution in [-0.2, 0) is 0 Å². The van der Waals surface area contributed by atoms with E-state index < -0.39 is 0 Å². The van der Waals surface area contributed by atoms with Crippen LogP contribution in [0.1, 0.15) is 13.3 Å². The molecule has 1 aromatic heterocycles. The van der Waals surface area contributed by atoms with Gasteiger partial charge in [-0.3, -0.25) is 0 Å². The third-order valence-corrected chi connectivity index (χ3v) is 3.85. The molecule has 0 aromatic carbocycles. The lowest BCUT2D eigenvalue weighted by Crippen LogP contribution is -2.34. The third-order valence-electron chi connectivity index (χ3n) is 3.10. The molecule has 1 fully saturated rings. The van der Waals surface area contributed by atoms with Gasteiger partial charge in [-0.1, -0.05) is 6.92 Å². The van der Waals surface area contributed by atoms with E-state index in [0.717, 1.165) is 13.0 Å². The van der Waals surface area contributed by atoms with Crippen molar-refractivity contribution in [3.63, 3.8) is 0 Å². The SMILES string of the molecule is CC1CCN(c2ncc(Br)cc2F)C1CCl. The second-order valence-corrected chi connectivity index (χ2v) is 5.36. The van der Waals surface area contributed by atoms with Gasteiger partial charge in [-0.25, -0.2) is 9.37 Å². The van der Waals surface area contributed by atoms with Gasteiger partial charge in [0.25, 0.3) is 0 Å². The number of nitrogens with zero attached hydrogens (tertiary/aromatic N) is 2. The zero-order chi connectivity index (χ0) is 11.7. The number of hydrogen-bond acceptors (Lipinski definition) is 2. The summed E-state index contributed by atoms with van der Waals surface area (Å²) in [7, 11) is 0. The Morgan fingerprint density at radius 3 is 3.06 bits per heavy atom. The molecule has 0 saturated carbocycles. The van der Waals surface area contributed by atoms with Gasteiger partial charge in [-0.15, -0.1) is 11.6 Å². The summed E-state index contributed by atoms with van der Waals surface area (Å²) < 4.78 is 14.4.